The van der Waals surface area contributed by atoms with E-state index in [-0.39, 0.29) is 28.8 Å². The maximum Gasteiger partial charge on any atom is 0.306 e. The second kappa shape index (κ2) is 8.66. The second-order valence-corrected chi connectivity index (χ2v) is 7.90. The molecule has 11 heteroatoms. The zero-order valence-corrected chi connectivity index (χ0v) is 16.8. The summed E-state index contributed by atoms with van der Waals surface area (Å²) in [6.07, 6.45) is 2.22. The Bertz CT molecular complexity index is 1170. The predicted octanol–water partition coefficient (Wildman–Crippen LogP) is 1.85. The number of nitrogen functional groups attached to an aromatic ring is 1. The first-order valence-corrected chi connectivity index (χ1v) is 10.5. The van der Waals surface area contributed by atoms with Crippen LogP contribution >= 0.6 is 0 Å². The molecule has 0 saturated heterocycles. The molecule has 0 atom stereocenters. The van der Waals surface area contributed by atoms with Gasteiger partial charge in [0, 0.05) is 24.5 Å². The maximum absolute atomic E-state index is 11.7. The zero-order chi connectivity index (χ0) is 21.7. The van der Waals surface area contributed by atoms with E-state index in [2.05, 4.69) is 20.6 Å². The minimum absolute atomic E-state index is 0.0290. The van der Waals surface area contributed by atoms with Crippen LogP contribution in [0, 0.1) is 0 Å². The molecule has 156 valence electrons. The average molecular weight is 428 g/mol. The molecule has 1 heterocycles. The molecular formula is C19H20N6O4S. The Kier molecular flexibility index (Phi) is 6.02. The Hall–Kier alpha value is -3.86. The van der Waals surface area contributed by atoms with Crippen LogP contribution in [0.5, 0.6) is 5.75 Å². The highest BCUT2D eigenvalue weighted by Crippen LogP contribution is 2.28. The van der Waals surface area contributed by atoms with E-state index in [1.54, 1.807) is 6.07 Å². The van der Waals surface area contributed by atoms with Gasteiger partial charge in [-0.05, 0) is 17.7 Å². The summed E-state index contributed by atoms with van der Waals surface area (Å²) in [6, 6.07) is 14.0. The predicted molar refractivity (Wildman–Crippen MR) is 114 cm³/mol. The number of hydrogen-bond donors (Lipinski definition) is 4. The molecule has 2 aromatic carbocycles. The van der Waals surface area contributed by atoms with Gasteiger partial charge in [-0.3, -0.25) is 4.79 Å². The SMILES string of the molecule is CS(=O)(=O)Oc1cc(Nc2ncc(C(N)=O)c(NCc3ccccc3)n2)ccc1N. The third-order valence-corrected chi connectivity index (χ3v) is 4.35. The number of carbonyl (C=O) groups is 1. The van der Waals surface area contributed by atoms with E-state index < -0.39 is 16.0 Å². The average Bonchev–Trinajstić information content (AvgIpc) is 2.68. The van der Waals surface area contributed by atoms with E-state index >= 15 is 0 Å². The fourth-order valence-electron chi connectivity index (χ4n) is 2.52. The molecule has 3 aromatic rings. The molecule has 1 aromatic heterocycles. The van der Waals surface area contributed by atoms with Crippen molar-refractivity contribution in [1.82, 2.24) is 9.97 Å². The Balaban J connectivity index is 1.84. The van der Waals surface area contributed by atoms with E-state index in [0.29, 0.717) is 12.2 Å². The second-order valence-electron chi connectivity index (χ2n) is 6.32. The summed E-state index contributed by atoms with van der Waals surface area (Å²) >= 11 is 0. The molecule has 0 saturated carbocycles. The van der Waals surface area contributed by atoms with Crippen LogP contribution in [0.3, 0.4) is 0 Å². The van der Waals surface area contributed by atoms with Crippen molar-refractivity contribution in [3.8, 4) is 5.75 Å². The van der Waals surface area contributed by atoms with Crippen molar-refractivity contribution < 1.29 is 17.4 Å². The van der Waals surface area contributed by atoms with Gasteiger partial charge in [0.2, 0.25) is 5.95 Å². The van der Waals surface area contributed by atoms with Crippen LogP contribution in [-0.4, -0.2) is 30.5 Å². The molecule has 0 aliphatic rings. The molecule has 0 bridgehead atoms. The third-order valence-electron chi connectivity index (χ3n) is 3.87. The lowest BCUT2D eigenvalue weighted by Crippen LogP contribution is -2.17. The number of primary amides is 1. The minimum atomic E-state index is -3.75. The van der Waals surface area contributed by atoms with Crippen molar-refractivity contribution in [2.24, 2.45) is 5.73 Å². The van der Waals surface area contributed by atoms with E-state index in [0.717, 1.165) is 11.8 Å². The summed E-state index contributed by atoms with van der Waals surface area (Å²) in [4.78, 5) is 20.1. The Labute approximate surface area is 173 Å². The van der Waals surface area contributed by atoms with Crippen molar-refractivity contribution in [3.63, 3.8) is 0 Å². The molecule has 0 aliphatic heterocycles. The Morgan fingerprint density at radius 1 is 1.17 bits per heavy atom. The van der Waals surface area contributed by atoms with Gasteiger partial charge in [-0.15, -0.1) is 0 Å². The van der Waals surface area contributed by atoms with Crippen LogP contribution < -0.4 is 26.3 Å². The zero-order valence-electron chi connectivity index (χ0n) is 16.0. The molecule has 10 nitrogen and oxygen atoms in total. The summed E-state index contributed by atoms with van der Waals surface area (Å²) < 4.78 is 27.6. The summed E-state index contributed by atoms with van der Waals surface area (Å²) in [5.74, 6) is -0.287. The molecule has 3 rings (SSSR count). The van der Waals surface area contributed by atoms with Gasteiger partial charge in [-0.2, -0.15) is 13.4 Å². The first-order chi connectivity index (χ1) is 14.2. The lowest BCUT2D eigenvalue weighted by molar-refractivity contribution is 0.100. The van der Waals surface area contributed by atoms with Crippen LogP contribution in [0.1, 0.15) is 15.9 Å². The van der Waals surface area contributed by atoms with Crippen LogP contribution in [0.15, 0.2) is 54.7 Å². The lowest BCUT2D eigenvalue weighted by Gasteiger charge is -2.13. The Morgan fingerprint density at radius 3 is 2.57 bits per heavy atom. The van der Waals surface area contributed by atoms with Crippen molar-refractivity contribution in [3.05, 3.63) is 65.9 Å². The van der Waals surface area contributed by atoms with Gasteiger partial charge >= 0.3 is 10.1 Å². The number of rotatable bonds is 8. The highest BCUT2D eigenvalue weighted by molar-refractivity contribution is 7.86. The van der Waals surface area contributed by atoms with Crippen LogP contribution in [0.2, 0.25) is 0 Å². The number of anilines is 4. The fourth-order valence-corrected chi connectivity index (χ4v) is 2.99. The molecule has 0 radical (unpaired) electrons. The van der Waals surface area contributed by atoms with Gasteiger partial charge in [0.1, 0.15) is 5.82 Å². The molecule has 0 fully saturated rings. The van der Waals surface area contributed by atoms with Gasteiger partial charge < -0.3 is 26.3 Å². The molecule has 30 heavy (non-hydrogen) atoms. The van der Waals surface area contributed by atoms with Gasteiger partial charge in [0.05, 0.1) is 17.5 Å². The molecule has 1 amide bonds. The number of amides is 1. The maximum atomic E-state index is 11.7. The fraction of sp³-hybridized carbons (Fsp3) is 0.105. The molecule has 6 N–H and O–H groups in total. The summed E-state index contributed by atoms with van der Waals surface area (Å²) in [5, 5.41) is 5.99. The van der Waals surface area contributed by atoms with Crippen LogP contribution in [0.25, 0.3) is 0 Å². The number of nitrogens with one attached hydrogen (secondary N) is 2. The number of carbonyl (C=O) groups excluding carboxylic acids is 1. The molecule has 0 spiro atoms. The van der Waals surface area contributed by atoms with E-state index in [1.165, 1.54) is 18.3 Å². The minimum Gasteiger partial charge on any atom is -0.396 e. The first kappa shape index (κ1) is 20.9. The Morgan fingerprint density at radius 2 is 1.90 bits per heavy atom. The first-order valence-electron chi connectivity index (χ1n) is 8.72. The smallest absolute Gasteiger partial charge is 0.306 e. The van der Waals surface area contributed by atoms with Crippen molar-refractivity contribution in [2.75, 3.05) is 22.6 Å². The number of hydrogen-bond acceptors (Lipinski definition) is 9. The molecule has 0 unspecified atom stereocenters. The lowest BCUT2D eigenvalue weighted by atomic mass is 10.2. The van der Waals surface area contributed by atoms with Crippen molar-refractivity contribution in [1.29, 1.82) is 0 Å². The monoisotopic (exact) mass is 428 g/mol. The summed E-state index contributed by atoms with van der Waals surface area (Å²) in [5.41, 5.74) is 12.9. The largest absolute Gasteiger partial charge is 0.396 e. The van der Waals surface area contributed by atoms with E-state index in [1.807, 2.05) is 30.3 Å². The van der Waals surface area contributed by atoms with Gasteiger partial charge in [0.15, 0.2) is 5.75 Å². The quantitative estimate of drug-likeness (QED) is 0.310. The van der Waals surface area contributed by atoms with Crippen LogP contribution in [-0.2, 0) is 16.7 Å². The van der Waals surface area contributed by atoms with Gasteiger partial charge in [-0.25, -0.2) is 4.98 Å². The molecular weight excluding hydrogens is 408 g/mol. The summed E-state index contributed by atoms with van der Waals surface area (Å²) in [7, 11) is -3.75. The highest BCUT2D eigenvalue weighted by Gasteiger charge is 2.14. The standard InChI is InChI=1S/C19H20N6O4S/c1-30(27,28)29-16-9-13(7-8-15(16)20)24-19-23-11-14(17(21)26)18(25-19)22-10-12-5-3-2-4-6-12/h2-9,11H,10,20H2,1H3,(H2,21,26)(H2,22,23,24,25). The van der Waals surface area contributed by atoms with Gasteiger partial charge in [-0.1, -0.05) is 30.3 Å². The van der Waals surface area contributed by atoms with Crippen LogP contribution in [0.4, 0.5) is 23.1 Å². The van der Waals surface area contributed by atoms with Crippen molar-refractivity contribution in [2.45, 2.75) is 6.54 Å². The molecule has 0 aliphatic carbocycles. The highest BCUT2D eigenvalue weighted by atomic mass is 32.2. The summed E-state index contributed by atoms with van der Waals surface area (Å²) in [6.45, 7) is 0.422. The normalized spacial score (nSPS) is 11.0. The van der Waals surface area contributed by atoms with Gasteiger partial charge in [0.25, 0.3) is 5.91 Å². The van der Waals surface area contributed by atoms with E-state index in [4.69, 9.17) is 15.7 Å². The number of nitrogens with zero attached hydrogens (tertiary/aromatic N) is 2. The van der Waals surface area contributed by atoms with E-state index in [9.17, 15) is 13.2 Å². The number of nitrogens with two attached hydrogens (primary N) is 2. The topological polar surface area (TPSA) is 162 Å². The van der Waals surface area contributed by atoms with Crippen molar-refractivity contribution >= 4 is 39.2 Å². The number of aromatic nitrogens is 2. The third kappa shape index (κ3) is 5.58. The number of benzene rings is 2.